The van der Waals surface area contributed by atoms with Crippen LogP contribution < -0.4 is 5.73 Å². The van der Waals surface area contributed by atoms with Crippen LogP contribution in [0.2, 0.25) is 0 Å². The van der Waals surface area contributed by atoms with Crippen LogP contribution in [0.4, 0.5) is 0 Å². The Morgan fingerprint density at radius 3 is 1.25 bits per heavy atom. The largest absolute Gasteiger partial charge is 0.508 e. The summed E-state index contributed by atoms with van der Waals surface area (Å²) < 4.78 is 0. The molecule has 0 aliphatic carbocycles. The van der Waals surface area contributed by atoms with Crippen molar-refractivity contribution >= 4 is 5.78 Å². The van der Waals surface area contributed by atoms with Gasteiger partial charge in [0.1, 0.15) is 5.75 Å². The Morgan fingerprint density at radius 1 is 0.778 bits per heavy atom. The van der Waals surface area contributed by atoms with Crippen LogP contribution in [0.3, 0.4) is 0 Å². The van der Waals surface area contributed by atoms with Crippen molar-refractivity contribution in [1.82, 2.24) is 0 Å². The third-order valence-electron chi connectivity index (χ3n) is 4.83. The number of allylic oxidation sites excluding steroid dienone is 3. The van der Waals surface area contributed by atoms with Crippen LogP contribution in [0.5, 0.6) is 5.75 Å². The number of aryl methyl sites for hydroxylation is 5. The van der Waals surface area contributed by atoms with E-state index in [-0.39, 0.29) is 11.2 Å². The van der Waals surface area contributed by atoms with E-state index in [0.717, 1.165) is 11.1 Å². The van der Waals surface area contributed by atoms with Crippen LogP contribution in [0, 0.1) is 40.0 Å². The molecule has 0 aromatic heterocycles. The van der Waals surface area contributed by atoms with Crippen LogP contribution in [-0.4, -0.2) is 17.9 Å². The SMILES string of the molecule is C=C(C)C.CC.CC(=O)/C=C(\C)C(C)(C)C.CN.Cc1cc(C)c(C)cc1C.Cc1ccccc1O. The highest BCUT2D eigenvalue weighted by Crippen LogP contribution is 2.23. The molecular weight excluding hydrogens is 442 g/mol. The number of hydrogen-bond acceptors (Lipinski definition) is 3. The van der Waals surface area contributed by atoms with Crippen molar-refractivity contribution in [2.45, 2.75) is 96.9 Å². The lowest BCUT2D eigenvalue weighted by Crippen LogP contribution is -2.07. The van der Waals surface area contributed by atoms with E-state index in [2.05, 4.69) is 72.9 Å². The zero-order valence-electron chi connectivity index (χ0n) is 26.2. The number of rotatable bonds is 1. The first-order chi connectivity index (χ1) is 16.5. The predicted molar refractivity (Wildman–Crippen MR) is 164 cm³/mol. The van der Waals surface area contributed by atoms with Gasteiger partial charge >= 0.3 is 0 Å². The number of benzene rings is 2. The minimum absolute atomic E-state index is 0.131. The highest BCUT2D eigenvalue weighted by Gasteiger charge is 2.12. The number of carbonyl (C=O) groups excluding carboxylic acids is 1. The molecule has 0 amide bonds. The van der Waals surface area contributed by atoms with Gasteiger partial charge in [-0.3, -0.25) is 4.79 Å². The number of phenols is 1. The molecular formula is C33H57NO2. The van der Waals surface area contributed by atoms with E-state index in [9.17, 15) is 4.79 Å². The van der Waals surface area contributed by atoms with Crippen LogP contribution in [0.25, 0.3) is 0 Å². The molecule has 0 atom stereocenters. The fraction of sp³-hybridized carbons (Fsp3) is 0.485. The zero-order chi connectivity index (χ0) is 29.6. The lowest BCUT2D eigenvalue weighted by molar-refractivity contribution is -0.112. The Bertz CT molecular complexity index is 825. The summed E-state index contributed by atoms with van der Waals surface area (Å²) in [6.07, 6.45) is 1.69. The fourth-order valence-electron chi connectivity index (χ4n) is 2.19. The second-order valence-corrected chi connectivity index (χ2v) is 9.70. The van der Waals surface area contributed by atoms with Gasteiger partial charge in [-0.1, -0.05) is 76.1 Å². The van der Waals surface area contributed by atoms with Crippen molar-refractivity contribution in [3.05, 3.63) is 88.0 Å². The van der Waals surface area contributed by atoms with Crippen molar-refractivity contribution in [3.63, 3.8) is 0 Å². The van der Waals surface area contributed by atoms with Gasteiger partial charge in [0.05, 0.1) is 0 Å². The van der Waals surface area contributed by atoms with Gasteiger partial charge in [-0.2, -0.15) is 0 Å². The number of phenolic OH excluding ortho intramolecular Hbond substituents is 1. The molecule has 0 saturated heterocycles. The Morgan fingerprint density at radius 2 is 1.08 bits per heavy atom. The Hall–Kier alpha value is -2.65. The lowest BCUT2D eigenvalue weighted by Gasteiger charge is -2.18. The summed E-state index contributed by atoms with van der Waals surface area (Å²) in [6, 6.07) is 11.7. The Kier molecular flexibility index (Phi) is 25.7. The first kappa shape index (κ1) is 40.5. The number of ketones is 1. The maximum Gasteiger partial charge on any atom is 0.152 e. The molecule has 0 heterocycles. The van der Waals surface area contributed by atoms with E-state index >= 15 is 0 Å². The third-order valence-corrected chi connectivity index (χ3v) is 4.83. The quantitative estimate of drug-likeness (QED) is 0.303. The molecule has 206 valence electrons. The van der Waals surface area contributed by atoms with Crippen molar-refractivity contribution in [2.24, 2.45) is 11.1 Å². The second kappa shape index (κ2) is 22.8. The molecule has 0 aliphatic heterocycles. The summed E-state index contributed by atoms with van der Waals surface area (Å²) in [5.41, 5.74) is 13.4. The van der Waals surface area contributed by atoms with Crippen molar-refractivity contribution in [1.29, 1.82) is 0 Å². The van der Waals surface area contributed by atoms with E-state index in [1.165, 1.54) is 34.9 Å². The van der Waals surface area contributed by atoms with E-state index in [1.807, 2.05) is 59.7 Å². The average Bonchev–Trinajstić information content (AvgIpc) is 2.77. The third kappa shape index (κ3) is 24.5. The molecule has 3 heteroatoms. The number of carbonyl (C=O) groups is 1. The Labute approximate surface area is 224 Å². The van der Waals surface area contributed by atoms with Gasteiger partial charge in [0.15, 0.2) is 5.78 Å². The van der Waals surface area contributed by atoms with Crippen molar-refractivity contribution in [2.75, 3.05) is 7.05 Å². The molecule has 0 bridgehead atoms. The number of hydrogen-bond donors (Lipinski definition) is 2. The van der Waals surface area contributed by atoms with Crippen molar-refractivity contribution < 1.29 is 9.90 Å². The smallest absolute Gasteiger partial charge is 0.152 e. The first-order valence-corrected chi connectivity index (χ1v) is 12.7. The minimum atomic E-state index is 0.131. The minimum Gasteiger partial charge on any atom is -0.508 e. The maximum atomic E-state index is 10.6. The van der Waals surface area contributed by atoms with Gasteiger partial charge in [0.25, 0.3) is 0 Å². The molecule has 36 heavy (non-hydrogen) atoms. The molecule has 0 unspecified atom stereocenters. The zero-order valence-corrected chi connectivity index (χ0v) is 26.2. The summed E-state index contributed by atoms with van der Waals surface area (Å²) in [7, 11) is 1.50. The van der Waals surface area contributed by atoms with E-state index < -0.39 is 0 Å². The molecule has 0 fully saturated rings. The summed E-state index contributed by atoms with van der Waals surface area (Å²) in [6.45, 7) is 31.9. The summed E-state index contributed by atoms with van der Waals surface area (Å²) >= 11 is 0. The molecule has 2 aromatic carbocycles. The van der Waals surface area contributed by atoms with Gasteiger partial charge in [-0.25, -0.2) is 0 Å². The predicted octanol–water partition coefficient (Wildman–Crippen LogP) is 9.37. The molecule has 0 spiro atoms. The van der Waals surface area contributed by atoms with Gasteiger partial charge in [0, 0.05) is 0 Å². The highest BCUT2D eigenvalue weighted by molar-refractivity contribution is 5.88. The van der Waals surface area contributed by atoms with Crippen LogP contribution >= 0.6 is 0 Å². The topological polar surface area (TPSA) is 63.3 Å². The monoisotopic (exact) mass is 499 g/mol. The van der Waals surface area contributed by atoms with E-state index in [4.69, 9.17) is 5.11 Å². The molecule has 0 aliphatic rings. The van der Waals surface area contributed by atoms with Crippen LogP contribution in [0.15, 0.2) is 60.2 Å². The number of aromatic hydroxyl groups is 1. The Balaban J connectivity index is -0.000000187. The molecule has 2 aromatic rings. The molecule has 0 saturated carbocycles. The van der Waals surface area contributed by atoms with E-state index in [1.54, 1.807) is 19.1 Å². The number of nitrogens with two attached hydrogens (primary N) is 1. The molecule has 0 radical (unpaired) electrons. The summed E-state index contributed by atoms with van der Waals surface area (Å²) in [4.78, 5) is 10.6. The van der Waals surface area contributed by atoms with Crippen molar-refractivity contribution in [3.8, 4) is 5.75 Å². The second-order valence-electron chi connectivity index (χ2n) is 9.70. The van der Waals surface area contributed by atoms with Crippen LogP contribution in [0.1, 0.15) is 90.1 Å². The standard InChI is InChI=1S/C10H14.C9H16O.C7H8O.C4H8.C2H6.CH5N/c1-7-5-9(3)10(4)6-8(7)2;1-7(6-8(2)10)9(3,4)5;1-6-4-2-3-5-7(6)8;1-4(2)3;2*1-2/h5-6H,1-4H3;6H,1-5H3;2-5,8H,1H3;1H2,2-3H3;1-2H3;2H2,1H3/b;7-6+;;;;. The van der Waals surface area contributed by atoms with Gasteiger partial charge in [-0.15, -0.1) is 6.58 Å². The lowest BCUT2D eigenvalue weighted by atomic mass is 9.87. The van der Waals surface area contributed by atoms with Gasteiger partial charge in [0.2, 0.25) is 0 Å². The number of para-hydroxylation sites is 1. The summed E-state index contributed by atoms with van der Waals surface area (Å²) in [5, 5.41) is 8.92. The molecule has 2 rings (SSSR count). The summed E-state index contributed by atoms with van der Waals surface area (Å²) in [5.74, 6) is 0.500. The van der Waals surface area contributed by atoms with Gasteiger partial charge < -0.3 is 10.8 Å². The maximum absolute atomic E-state index is 10.6. The average molecular weight is 500 g/mol. The molecule has 3 N–H and O–H groups in total. The fourth-order valence-corrected chi connectivity index (χ4v) is 2.19. The van der Waals surface area contributed by atoms with E-state index in [0.29, 0.717) is 5.75 Å². The normalized spacial score (nSPS) is 9.61. The molecule has 3 nitrogen and oxygen atoms in total. The highest BCUT2D eigenvalue weighted by atomic mass is 16.3. The first-order valence-electron chi connectivity index (χ1n) is 12.7. The van der Waals surface area contributed by atoms with Crippen LogP contribution in [-0.2, 0) is 4.79 Å². The van der Waals surface area contributed by atoms with Gasteiger partial charge in [-0.05, 0) is 115 Å².